The number of para-hydroxylation sites is 1. The molecule has 2 N–H and O–H groups in total. The van der Waals surface area contributed by atoms with Gasteiger partial charge in [0.05, 0.1) is 11.8 Å². The molecule has 0 aromatic heterocycles. The minimum Gasteiger partial charge on any atom is -0.481 e. The van der Waals surface area contributed by atoms with Crippen LogP contribution in [0.3, 0.4) is 0 Å². The molecule has 0 unspecified atom stereocenters. The van der Waals surface area contributed by atoms with E-state index in [2.05, 4.69) is 5.32 Å². The molecule has 140 valence electrons. The molecule has 1 aliphatic rings. The molecule has 1 saturated carbocycles. The van der Waals surface area contributed by atoms with Crippen LogP contribution in [0.15, 0.2) is 54.6 Å². The van der Waals surface area contributed by atoms with Crippen LogP contribution in [0.25, 0.3) is 0 Å². The van der Waals surface area contributed by atoms with Gasteiger partial charge >= 0.3 is 5.97 Å². The summed E-state index contributed by atoms with van der Waals surface area (Å²) < 4.78 is 0. The van der Waals surface area contributed by atoms with Crippen molar-refractivity contribution in [3.63, 3.8) is 0 Å². The Labute approximate surface area is 157 Å². The molecule has 0 saturated heterocycles. The maximum atomic E-state index is 12.7. The van der Waals surface area contributed by atoms with Crippen LogP contribution in [-0.4, -0.2) is 29.9 Å². The highest BCUT2D eigenvalue weighted by Crippen LogP contribution is 2.58. The van der Waals surface area contributed by atoms with Crippen molar-refractivity contribution in [2.75, 3.05) is 17.3 Å². The average Bonchev–Trinajstić information content (AvgIpc) is 3.24. The SMILES string of the molecule is CN(C(=O)c1cccc(NC(=O)[C@@H]2[C@H](C(=O)O)C2(C)C)c1)c1ccccc1. The van der Waals surface area contributed by atoms with Gasteiger partial charge in [0.2, 0.25) is 5.91 Å². The standard InChI is InChI=1S/C21H22N2O4/c1-21(2)16(17(21)20(26)27)18(24)22-14-9-7-8-13(12-14)19(25)23(3)15-10-5-4-6-11-15/h4-12,16-17H,1-3H3,(H,22,24)(H,26,27)/t16-,17+/m0/s1. The topological polar surface area (TPSA) is 86.7 Å². The number of carboxylic acid groups (broad SMARTS) is 1. The van der Waals surface area contributed by atoms with Crippen molar-refractivity contribution in [2.24, 2.45) is 17.3 Å². The predicted octanol–water partition coefficient (Wildman–Crippen LogP) is 3.26. The largest absolute Gasteiger partial charge is 0.481 e. The van der Waals surface area contributed by atoms with E-state index in [1.54, 1.807) is 45.2 Å². The summed E-state index contributed by atoms with van der Waals surface area (Å²) in [5.74, 6) is -2.78. The molecule has 2 atom stereocenters. The van der Waals surface area contributed by atoms with Crippen LogP contribution in [0.5, 0.6) is 0 Å². The van der Waals surface area contributed by atoms with E-state index < -0.39 is 23.2 Å². The van der Waals surface area contributed by atoms with Crippen LogP contribution in [0.2, 0.25) is 0 Å². The van der Waals surface area contributed by atoms with Gasteiger partial charge in [-0.15, -0.1) is 0 Å². The lowest BCUT2D eigenvalue weighted by atomic mass is 10.1. The summed E-state index contributed by atoms with van der Waals surface area (Å²) in [6, 6.07) is 15.9. The first-order valence-corrected chi connectivity index (χ1v) is 8.70. The Hall–Kier alpha value is -3.15. The second kappa shape index (κ2) is 6.87. The number of aliphatic carboxylic acids is 1. The number of hydrogen-bond acceptors (Lipinski definition) is 3. The third kappa shape index (κ3) is 3.56. The molecule has 6 nitrogen and oxygen atoms in total. The smallest absolute Gasteiger partial charge is 0.307 e. The first-order chi connectivity index (χ1) is 12.7. The normalized spacial score (nSPS) is 19.8. The summed E-state index contributed by atoms with van der Waals surface area (Å²) in [7, 11) is 1.69. The first kappa shape index (κ1) is 18.6. The van der Waals surface area contributed by atoms with Crippen LogP contribution in [0.1, 0.15) is 24.2 Å². The zero-order chi connectivity index (χ0) is 19.8. The lowest BCUT2D eigenvalue weighted by Crippen LogP contribution is -2.26. The Morgan fingerprint density at radius 1 is 1.00 bits per heavy atom. The van der Waals surface area contributed by atoms with E-state index in [-0.39, 0.29) is 11.8 Å². The molecule has 2 aromatic carbocycles. The Morgan fingerprint density at radius 2 is 1.67 bits per heavy atom. The van der Waals surface area contributed by atoms with Gasteiger partial charge in [-0.3, -0.25) is 14.4 Å². The number of carboxylic acids is 1. The van der Waals surface area contributed by atoms with Crippen molar-refractivity contribution >= 4 is 29.2 Å². The van der Waals surface area contributed by atoms with Gasteiger partial charge in [0, 0.05) is 24.0 Å². The lowest BCUT2D eigenvalue weighted by Gasteiger charge is -2.17. The minimum absolute atomic E-state index is 0.201. The Balaban J connectivity index is 1.74. The zero-order valence-corrected chi connectivity index (χ0v) is 15.5. The van der Waals surface area contributed by atoms with Gasteiger partial charge < -0.3 is 15.3 Å². The lowest BCUT2D eigenvalue weighted by molar-refractivity contribution is -0.140. The van der Waals surface area contributed by atoms with E-state index in [1.165, 1.54) is 4.90 Å². The number of nitrogens with zero attached hydrogens (tertiary/aromatic N) is 1. The van der Waals surface area contributed by atoms with Crippen molar-refractivity contribution in [2.45, 2.75) is 13.8 Å². The van der Waals surface area contributed by atoms with Gasteiger partial charge in [0.25, 0.3) is 5.91 Å². The van der Waals surface area contributed by atoms with Crippen molar-refractivity contribution in [3.8, 4) is 0 Å². The highest BCUT2D eigenvalue weighted by atomic mass is 16.4. The molecule has 0 heterocycles. The summed E-state index contributed by atoms with van der Waals surface area (Å²) in [5, 5.41) is 12.0. The van der Waals surface area contributed by atoms with E-state index in [4.69, 9.17) is 0 Å². The molecular formula is C21H22N2O4. The summed E-state index contributed by atoms with van der Waals surface area (Å²) in [4.78, 5) is 38.0. The molecule has 2 aromatic rings. The fourth-order valence-corrected chi connectivity index (χ4v) is 3.50. The number of carbonyl (C=O) groups excluding carboxylic acids is 2. The second-order valence-corrected chi connectivity index (χ2v) is 7.38. The third-order valence-corrected chi connectivity index (χ3v) is 5.20. The average molecular weight is 366 g/mol. The van der Waals surface area contributed by atoms with Crippen molar-refractivity contribution in [1.82, 2.24) is 0 Å². The molecule has 3 rings (SSSR count). The van der Waals surface area contributed by atoms with Crippen LogP contribution < -0.4 is 10.2 Å². The van der Waals surface area contributed by atoms with E-state index in [0.717, 1.165) is 5.69 Å². The Bertz CT molecular complexity index is 892. The Kier molecular flexibility index (Phi) is 4.74. The van der Waals surface area contributed by atoms with Crippen LogP contribution in [0, 0.1) is 17.3 Å². The predicted molar refractivity (Wildman–Crippen MR) is 103 cm³/mol. The molecule has 0 aliphatic heterocycles. The molecule has 0 bridgehead atoms. The molecule has 0 spiro atoms. The molecular weight excluding hydrogens is 344 g/mol. The quantitative estimate of drug-likeness (QED) is 0.850. The molecule has 27 heavy (non-hydrogen) atoms. The minimum atomic E-state index is -0.964. The summed E-state index contributed by atoms with van der Waals surface area (Å²) in [6.07, 6.45) is 0. The summed E-state index contributed by atoms with van der Waals surface area (Å²) in [5.41, 5.74) is 1.10. The maximum absolute atomic E-state index is 12.7. The van der Waals surface area contributed by atoms with Crippen molar-refractivity contribution in [1.29, 1.82) is 0 Å². The molecule has 0 radical (unpaired) electrons. The molecule has 1 fully saturated rings. The van der Waals surface area contributed by atoms with E-state index in [9.17, 15) is 19.5 Å². The number of amides is 2. The van der Waals surface area contributed by atoms with Crippen LogP contribution >= 0.6 is 0 Å². The molecule has 2 amide bonds. The fourth-order valence-electron chi connectivity index (χ4n) is 3.50. The first-order valence-electron chi connectivity index (χ1n) is 8.70. The zero-order valence-electron chi connectivity index (χ0n) is 15.5. The number of nitrogens with one attached hydrogen (secondary N) is 1. The van der Waals surface area contributed by atoms with Gasteiger partial charge in [0.1, 0.15) is 0 Å². The van der Waals surface area contributed by atoms with E-state index in [1.807, 2.05) is 30.3 Å². The highest BCUT2D eigenvalue weighted by molar-refractivity contribution is 6.07. The number of rotatable bonds is 5. The second-order valence-electron chi connectivity index (χ2n) is 7.38. The fraction of sp³-hybridized carbons (Fsp3) is 0.286. The van der Waals surface area contributed by atoms with E-state index >= 15 is 0 Å². The number of carbonyl (C=O) groups is 3. The van der Waals surface area contributed by atoms with Gasteiger partial charge in [-0.2, -0.15) is 0 Å². The Morgan fingerprint density at radius 3 is 2.26 bits per heavy atom. The van der Waals surface area contributed by atoms with Gasteiger partial charge in [-0.1, -0.05) is 38.1 Å². The molecule has 1 aliphatic carbocycles. The third-order valence-electron chi connectivity index (χ3n) is 5.20. The number of benzene rings is 2. The van der Waals surface area contributed by atoms with Crippen LogP contribution in [0.4, 0.5) is 11.4 Å². The molecule has 6 heteroatoms. The van der Waals surface area contributed by atoms with Gasteiger partial charge in [-0.25, -0.2) is 0 Å². The number of anilines is 2. The summed E-state index contributed by atoms with van der Waals surface area (Å²) in [6.45, 7) is 3.54. The van der Waals surface area contributed by atoms with Crippen LogP contribution in [-0.2, 0) is 9.59 Å². The van der Waals surface area contributed by atoms with Gasteiger partial charge in [-0.05, 0) is 35.7 Å². The summed E-state index contributed by atoms with van der Waals surface area (Å²) >= 11 is 0. The highest BCUT2D eigenvalue weighted by Gasteiger charge is 2.65. The van der Waals surface area contributed by atoms with Crippen molar-refractivity contribution < 1.29 is 19.5 Å². The monoisotopic (exact) mass is 366 g/mol. The van der Waals surface area contributed by atoms with Crippen molar-refractivity contribution in [3.05, 3.63) is 60.2 Å². The number of hydrogen-bond donors (Lipinski definition) is 2. The van der Waals surface area contributed by atoms with E-state index in [0.29, 0.717) is 11.3 Å². The maximum Gasteiger partial charge on any atom is 0.307 e. The van der Waals surface area contributed by atoms with Gasteiger partial charge in [0.15, 0.2) is 0 Å².